The van der Waals surface area contributed by atoms with Gasteiger partial charge < -0.3 is 20.1 Å². The number of carbonyl (C=O) groups is 1. The summed E-state index contributed by atoms with van der Waals surface area (Å²) in [5.41, 5.74) is 1.26. The average Bonchev–Trinajstić information content (AvgIpc) is 2.68. The molecular weight excluding hydrogens is 469 g/mol. The van der Waals surface area contributed by atoms with Crippen LogP contribution >= 0.6 is 24.0 Å². The van der Waals surface area contributed by atoms with E-state index in [1.807, 2.05) is 19.1 Å². The number of esters is 1. The van der Waals surface area contributed by atoms with Gasteiger partial charge in [0.15, 0.2) is 5.96 Å². The average molecular weight is 505 g/mol. The van der Waals surface area contributed by atoms with E-state index in [2.05, 4.69) is 34.7 Å². The number of unbranched alkanes of at least 4 members (excludes halogenated alkanes) is 3. The second kappa shape index (κ2) is 17.6. The molecule has 28 heavy (non-hydrogen) atoms. The van der Waals surface area contributed by atoms with Crippen LogP contribution in [0.3, 0.4) is 0 Å². The molecule has 6 nitrogen and oxygen atoms in total. The minimum absolute atomic E-state index is 0. The lowest BCUT2D eigenvalue weighted by Gasteiger charge is -2.11. The third-order valence-corrected chi connectivity index (χ3v) is 4.07. The van der Waals surface area contributed by atoms with Gasteiger partial charge in [-0.05, 0) is 50.8 Å². The Labute approximate surface area is 186 Å². The third-order valence-electron chi connectivity index (χ3n) is 4.07. The number of halogens is 1. The highest BCUT2D eigenvalue weighted by Gasteiger charge is 2.01. The smallest absolute Gasteiger partial charge is 0.305 e. The van der Waals surface area contributed by atoms with E-state index in [4.69, 9.17) is 9.47 Å². The van der Waals surface area contributed by atoms with E-state index in [-0.39, 0.29) is 29.9 Å². The van der Waals surface area contributed by atoms with E-state index in [0.717, 1.165) is 63.4 Å². The maximum atomic E-state index is 11.3. The summed E-state index contributed by atoms with van der Waals surface area (Å²) in [6, 6.07) is 8.13. The van der Waals surface area contributed by atoms with Gasteiger partial charge in [0.05, 0.1) is 13.7 Å². The van der Waals surface area contributed by atoms with Crippen molar-refractivity contribution in [3.05, 3.63) is 29.8 Å². The van der Waals surface area contributed by atoms with Gasteiger partial charge in [-0.25, -0.2) is 0 Å². The van der Waals surface area contributed by atoms with Gasteiger partial charge in [-0.15, -0.1) is 24.0 Å². The summed E-state index contributed by atoms with van der Waals surface area (Å²) >= 11 is 0. The molecule has 0 heterocycles. The van der Waals surface area contributed by atoms with Crippen LogP contribution < -0.4 is 15.4 Å². The first-order chi connectivity index (χ1) is 13.2. The predicted octanol–water partition coefficient (Wildman–Crippen LogP) is 3.92. The Morgan fingerprint density at radius 3 is 2.39 bits per heavy atom. The van der Waals surface area contributed by atoms with Crippen LogP contribution in [0.15, 0.2) is 29.3 Å². The molecule has 0 saturated heterocycles. The van der Waals surface area contributed by atoms with Crippen LogP contribution in [0.1, 0.15) is 51.5 Å². The molecule has 0 amide bonds. The van der Waals surface area contributed by atoms with Gasteiger partial charge in [0, 0.05) is 26.1 Å². The molecule has 0 aliphatic rings. The van der Waals surface area contributed by atoms with E-state index in [0.29, 0.717) is 13.0 Å². The third kappa shape index (κ3) is 12.8. The Morgan fingerprint density at radius 1 is 1.04 bits per heavy atom. The standard InChI is InChI=1S/C21H35N3O3.HI/c1-4-22-21(23-16-9-7-6-8-10-20(25)27-5-2)24-17-15-18-11-13-19(26-3)14-12-18;/h11-14H,4-10,15-17H2,1-3H3,(H2,22,23,24);1H. The molecule has 0 aliphatic carbocycles. The number of rotatable bonds is 13. The predicted molar refractivity (Wildman–Crippen MR) is 126 cm³/mol. The summed E-state index contributed by atoms with van der Waals surface area (Å²) in [5.74, 6) is 1.65. The molecule has 0 aromatic heterocycles. The molecule has 0 spiro atoms. The van der Waals surface area contributed by atoms with Crippen LogP contribution in [-0.4, -0.2) is 45.3 Å². The molecule has 160 valence electrons. The van der Waals surface area contributed by atoms with Gasteiger partial charge >= 0.3 is 5.97 Å². The van der Waals surface area contributed by atoms with Crippen LogP contribution in [0.5, 0.6) is 5.75 Å². The lowest BCUT2D eigenvalue weighted by atomic mass is 10.1. The second-order valence-corrected chi connectivity index (χ2v) is 6.25. The Morgan fingerprint density at radius 2 is 1.75 bits per heavy atom. The summed E-state index contributed by atoms with van der Waals surface area (Å²) < 4.78 is 10.1. The normalized spacial score (nSPS) is 10.8. The van der Waals surface area contributed by atoms with E-state index in [1.165, 1.54) is 5.56 Å². The molecule has 0 fully saturated rings. The van der Waals surface area contributed by atoms with Gasteiger partial charge in [-0.1, -0.05) is 25.0 Å². The Balaban J connectivity index is 0.00000729. The van der Waals surface area contributed by atoms with E-state index >= 15 is 0 Å². The van der Waals surface area contributed by atoms with Crippen molar-refractivity contribution < 1.29 is 14.3 Å². The van der Waals surface area contributed by atoms with Crippen LogP contribution in [0, 0.1) is 0 Å². The van der Waals surface area contributed by atoms with Crippen molar-refractivity contribution >= 4 is 35.9 Å². The second-order valence-electron chi connectivity index (χ2n) is 6.25. The van der Waals surface area contributed by atoms with Crippen LogP contribution in [0.2, 0.25) is 0 Å². The summed E-state index contributed by atoms with van der Waals surface area (Å²) in [5, 5.41) is 6.65. The fraction of sp³-hybridized carbons (Fsp3) is 0.619. The van der Waals surface area contributed by atoms with Crippen molar-refractivity contribution in [2.45, 2.75) is 52.4 Å². The molecular formula is C21H36IN3O3. The van der Waals surface area contributed by atoms with Crippen molar-refractivity contribution in [2.75, 3.05) is 33.4 Å². The molecule has 1 aromatic carbocycles. The van der Waals surface area contributed by atoms with Gasteiger partial charge in [0.25, 0.3) is 0 Å². The van der Waals surface area contributed by atoms with Crippen molar-refractivity contribution in [2.24, 2.45) is 4.99 Å². The zero-order valence-corrected chi connectivity index (χ0v) is 19.8. The summed E-state index contributed by atoms with van der Waals surface area (Å²) in [6.45, 7) is 6.83. The Hall–Kier alpha value is -1.51. The lowest BCUT2D eigenvalue weighted by Crippen LogP contribution is -2.38. The van der Waals surface area contributed by atoms with E-state index < -0.39 is 0 Å². The van der Waals surface area contributed by atoms with Gasteiger partial charge in [0.2, 0.25) is 0 Å². The zero-order chi connectivity index (χ0) is 19.7. The molecule has 1 rings (SSSR count). The SMILES string of the molecule is CCNC(=NCCCCCCC(=O)OCC)NCCc1ccc(OC)cc1.I. The van der Waals surface area contributed by atoms with Crippen LogP contribution in [-0.2, 0) is 16.0 Å². The van der Waals surface area contributed by atoms with Crippen LogP contribution in [0.4, 0.5) is 0 Å². The summed E-state index contributed by atoms with van der Waals surface area (Å²) in [6.07, 6.45) is 5.49. The molecule has 0 saturated carbocycles. The molecule has 2 N–H and O–H groups in total. The highest BCUT2D eigenvalue weighted by molar-refractivity contribution is 14.0. The molecule has 0 bridgehead atoms. The molecule has 7 heteroatoms. The maximum absolute atomic E-state index is 11.3. The summed E-state index contributed by atoms with van der Waals surface area (Å²) in [4.78, 5) is 15.9. The number of ether oxygens (including phenoxy) is 2. The molecule has 0 atom stereocenters. The molecule has 0 aliphatic heterocycles. The highest BCUT2D eigenvalue weighted by Crippen LogP contribution is 2.11. The number of hydrogen-bond acceptors (Lipinski definition) is 4. The molecule has 1 aromatic rings. The molecule has 0 unspecified atom stereocenters. The topological polar surface area (TPSA) is 72.0 Å². The van der Waals surface area contributed by atoms with Gasteiger partial charge in [0.1, 0.15) is 5.75 Å². The van der Waals surface area contributed by atoms with Crippen LogP contribution in [0.25, 0.3) is 0 Å². The number of hydrogen-bond donors (Lipinski definition) is 2. The minimum atomic E-state index is -0.0917. The number of nitrogens with one attached hydrogen (secondary N) is 2. The lowest BCUT2D eigenvalue weighted by molar-refractivity contribution is -0.143. The highest BCUT2D eigenvalue weighted by atomic mass is 127. The first-order valence-corrected chi connectivity index (χ1v) is 10.00. The first kappa shape index (κ1) is 26.5. The first-order valence-electron chi connectivity index (χ1n) is 10.00. The Kier molecular flexibility index (Phi) is 16.6. The monoisotopic (exact) mass is 505 g/mol. The van der Waals surface area contributed by atoms with E-state index in [9.17, 15) is 4.79 Å². The number of guanidine groups is 1. The zero-order valence-electron chi connectivity index (χ0n) is 17.5. The number of nitrogens with zero attached hydrogens (tertiary/aromatic N) is 1. The van der Waals surface area contributed by atoms with Crippen molar-refractivity contribution in [3.63, 3.8) is 0 Å². The van der Waals surface area contributed by atoms with E-state index in [1.54, 1.807) is 7.11 Å². The maximum Gasteiger partial charge on any atom is 0.305 e. The fourth-order valence-electron chi connectivity index (χ4n) is 2.62. The van der Waals surface area contributed by atoms with Crippen molar-refractivity contribution in [3.8, 4) is 5.75 Å². The number of methoxy groups -OCH3 is 1. The van der Waals surface area contributed by atoms with Crippen molar-refractivity contribution in [1.29, 1.82) is 0 Å². The number of benzene rings is 1. The number of carbonyl (C=O) groups excluding carboxylic acids is 1. The van der Waals surface area contributed by atoms with Gasteiger partial charge in [-0.3, -0.25) is 9.79 Å². The van der Waals surface area contributed by atoms with Gasteiger partial charge in [-0.2, -0.15) is 0 Å². The largest absolute Gasteiger partial charge is 0.497 e. The van der Waals surface area contributed by atoms with Crippen molar-refractivity contribution in [1.82, 2.24) is 10.6 Å². The fourth-order valence-corrected chi connectivity index (χ4v) is 2.62. The Bertz CT molecular complexity index is 550. The quantitative estimate of drug-likeness (QED) is 0.140. The molecule has 0 radical (unpaired) electrons. The minimum Gasteiger partial charge on any atom is -0.497 e. The number of aliphatic imine (C=N–C) groups is 1. The summed E-state index contributed by atoms with van der Waals surface area (Å²) in [7, 11) is 1.68.